The van der Waals surface area contributed by atoms with E-state index in [1.807, 2.05) is 32.9 Å². The summed E-state index contributed by atoms with van der Waals surface area (Å²) >= 11 is 3.03. The molecule has 0 amide bonds. The molecule has 1 saturated heterocycles. The number of nitriles is 1. The zero-order valence-corrected chi connectivity index (χ0v) is 17.3. The van der Waals surface area contributed by atoms with Crippen LogP contribution in [0, 0.1) is 29.6 Å². The highest BCUT2D eigenvalue weighted by atomic mass is 32.1. The van der Waals surface area contributed by atoms with Crippen LogP contribution in [0.25, 0.3) is 5.57 Å². The van der Waals surface area contributed by atoms with Gasteiger partial charge in [0.1, 0.15) is 11.9 Å². The summed E-state index contributed by atoms with van der Waals surface area (Å²) in [6, 6.07) is 4.25. The lowest BCUT2D eigenvalue weighted by Crippen LogP contribution is -2.18. The Morgan fingerprint density at radius 1 is 1.42 bits per heavy atom. The molecule has 3 N–H and O–H groups in total. The summed E-state index contributed by atoms with van der Waals surface area (Å²) < 4.78 is 0. The van der Waals surface area contributed by atoms with Crippen molar-refractivity contribution in [2.75, 3.05) is 18.0 Å². The molecule has 1 unspecified atom stereocenters. The van der Waals surface area contributed by atoms with Crippen LogP contribution in [0.15, 0.2) is 24.3 Å². The molecule has 26 heavy (non-hydrogen) atoms. The monoisotopic (exact) mass is 372 g/mol. The number of aromatic amines is 1. The van der Waals surface area contributed by atoms with Gasteiger partial charge in [-0.25, -0.2) is 0 Å². The molecule has 0 bridgehead atoms. The topological polar surface area (TPSA) is 68.8 Å². The van der Waals surface area contributed by atoms with Crippen molar-refractivity contribution in [1.82, 2.24) is 4.98 Å². The molecule has 142 valence electrons. The smallest absolute Gasteiger partial charge is 0.124 e. The van der Waals surface area contributed by atoms with Crippen LogP contribution in [0.3, 0.4) is 0 Å². The van der Waals surface area contributed by atoms with Crippen molar-refractivity contribution in [2.24, 2.45) is 11.1 Å². The second-order valence-corrected chi connectivity index (χ2v) is 5.63. The molecule has 1 aliphatic heterocycles. The predicted octanol–water partition coefficient (Wildman–Crippen LogP) is 4.92. The highest BCUT2D eigenvalue weighted by Gasteiger charge is 2.19. The molecule has 5 heteroatoms. The van der Waals surface area contributed by atoms with E-state index in [0.717, 1.165) is 42.2 Å². The molecule has 0 spiro atoms. The summed E-state index contributed by atoms with van der Waals surface area (Å²) in [4.78, 5) is 5.70. The van der Waals surface area contributed by atoms with Crippen LogP contribution in [0.5, 0.6) is 0 Å². The Kier molecular flexibility index (Phi) is 13.0. The number of allylic oxidation sites excluding steroid dienone is 4. The summed E-state index contributed by atoms with van der Waals surface area (Å²) in [5, 5.41) is 13.6. The van der Waals surface area contributed by atoms with Crippen LogP contribution in [0.2, 0.25) is 0 Å². The zero-order valence-electron chi connectivity index (χ0n) is 16.4. The van der Waals surface area contributed by atoms with E-state index < -0.39 is 0 Å². The molecular weight excluding hydrogens is 340 g/mol. The van der Waals surface area contributed by atoms with Gasteiger partial charge >= 0.3 is 0 Å². The number of H-pyrrole nitrogens is 1. The Hall–Kier alpha value is -2.08. The third kappa shape index (κ3) is 7.04. The van der Waals surface area contributed by atoms with Crippen molar-refractivity contribution in [2.45, 2.75) is 47.0 Å². The fourth-order valence-corrected chi connectivity index (χ4v) is 2.67. The van der Waals surface area contributed by atoms with E-state index in [-0.39, 0.29) is 5.92 Å². The molecule has 2 rings (SSSR count). The Morgan fingerprint density at radius 2 is 2.04 bits per heavy atom. The highest BCUT2D eigenvalue weighted by molar-refractivity contribution is 7.77. The molecule has 2 heterocycles. The van der Waals surface area contributed by atoms with Gasteiger partial charge in [0.2, 0.25) is 0 Å². The number of hydrogen-bond donors (Lipinski definition) is 3. The first-order valence-corrected chi connectivity index (χ1v) is 9.70. The third-order valence-corrected chi connectivity index (χ3v) is 3.90. The van der Waals surface area contributed by atoms with E-state index in [4.69, 9.17) is 6.42 Å². The van der Waals surface area contributed by atoms with Gasteiger partial charge < -0.3 is 9.88 Å². The minimum Gasteiger partial charge on any atom is -0.357 e. The van der Waals surface area contributed by atoms with Gasteiger partial charge in [-0.2, -0.15) is 5.26 Å². The van der Waals surface area contributed by atoms with Crippen LogP contribution >= 0.6 is 12.8 Å². The van der Waals surface area contributed by atoms with Crippen LogP contribution in [-0.4, -0.2) is 18.1 Å². The van der Waals surface area contributed by atoms with Crippen molar-refractivity contribution >= 4 is 24.2 Å². The number of rotatable bonds is 5. The Bertz CT molecular complexity index is 653. The summed E-state index contributed by atoms with van der Waals surface area (Å²) in [6.45, 7) is 10.1. The van der Waals surface area contributed by atoms with Crippen LogP contribution < -0.4 is 10.0 Å². The first-order chi connectivity index (χ1) is 12.7. The predicted molar refractivity (Wildman–Crippen MR) is 117 cm³/mol. The number of terminal acetylenes is 1. The van der Waals surface area contributed by atoms with Crippen LogP contribution in [0.4, 0.5) is 5.82 Å². The van der Waals surface area contributed by atoms with Gasteiger partial charge in [0.05, 0.1) is 5.56 Å². The van der Waals surface area contributed by atoms with Crippen LogP contribution in [0.1, 0.15) is 58.2 Å². The van der Waals surface area contributed by atoms with Crippen molar-refractivity contribution in [1.29, 1.82) is 5.26 Å². The molecule has 1 fully saturated rings. The Morgan fingerprint density at radius 3 is 2.54 bits per heavy atom. The maximum absolute atomic E-state index is 9.40. The lowest BCUT2D eigenvalue weighted by atomic mass is 10.1. The van der Waals surface area contributed by atoms with Crippen molar-refractivity contribution in [3.63, 3.8) is 0 Å². The molecular formula is C21H32N4S. The SMILES string of the molecule is C#CC(C)/C=C\C(=C/CC)c1cc(C#N)c(N2CCCC2)[nH]1.CC.NS. The molecule has 1 aliphatic rings. The normalized spacial score (nSPS) is 14.6. The number of thiol groups is 1. The summed E-state index contributed by atoms with van der Waals surface area (Å²) in [5.41, 5.74) is 2.80. The van der Waals surface area contributed by atoms with E-state index in [0.29, 0.717) is 0 Å². The van der Waals surface area contributed by atoms with Gasteiger partial charge in [-0.05, 0) is 37.8 Å². The second kappa shape index (κ2) is 14.1. The Balaban J connectivity index is 0.00000146. The molecule has 0 aromatic carbocycles. The summed E-state index contributed by atoms with van der Waals surface area (Å²) in [7, 11) is 0. The number of nitrogens with one attached hydrogen (secondary N) is 1. The fraction of sp³-hybridized carbons (Fsp3) is 0.476. The second-order valence-electron chi connectivity index (χ2n) is 5.63. The maximum atomic E-state index is 9.40. The maximum Gasteiger partial charge on any atom is 0.124 e. The first kappa shape index (κ1) is 23.9. The van der Waals surface area contributed by atoms with E-state index in [9.17, 15) is 5.26 Å². The van der Waals surface area contributed by atoms with Crippen molar-refractivity contribution in [3.05, 3.63) is 35.6 Å². The molecule has 0 radical (unpaired) electrons. The van der Waals surface area contributed by atoms with Crippen molar-refractivity contribution < 1.29 is 0 Å². The summed E-state index contributed by atoms with van der Waals surface area (Å²) in [5.74, 6) is 3.76. The minimum atomic E-state index is 0.101. The molecule has 1 aromatic heterocycles. The van der Waals surface area contributed by atoms with Gasteiger partial charge in [0.25, 0.3) is 0 Å². The number of anilines is 1. The van der Waals surface area contributed by atoms with Crippen molar-refractivity contribution in [3.8, 4) is 18.4 Å². The van der Waals surface area contributed by atoms with E-state index in [2.05, 4.69) is 58.9 Å². The van der Waals surface area contributed by atoms with E-state index in [1.165, 1.54) is 12.8 Å². The standard InChI is InChI=1S/C19H23N3.C2H6.H3NS/c1-4-8-16(10-9-15(3)5-2)18-13-17(14-20)19(21-18)22-11-6-7-12-22;2*1-2/h2,8-10,13,15,21H,4,6-7,11-12H2,1,3H3;1-2H3;2H,1H2/b10-9-,16-8+;;. The molecule has 1 aromatic rings. The first-order valence-electron chi connectivity index (χ1n) is 9.18. The van der Waals surface area contributed by atoms with E-state index in [1.54, 1.807) is 0 Å². The number of nitrogens with two attached hydrogens (primary N) is 1. The average Bonchev–Trinajstić information content (AvgIpc) is 3.37. The number of hydrogen-bond acceptors (Lipinski definition) is 4. The quantitative estimate of drug-likeness (QED) is 0.390. The lowest BCUT2D eigenvalue weighted by Gasteiger charge is -2.15. The highest BCUT2D eigenvalue weighted by Crippen LogP contribution is 2.28. The van der Waals surface area contributed by atoms with Gasteiger partial charge in [-0.15, -0.1) is 19.2 Å². The van der Waals surface area contributed by atoms with Gasteiger partial charge in [-0.1, -0.05) is 44.9 Å². The minimum absolute atomic E-state index is 0.101. The van der Waals surface area contributed by atoms with Crippen LogP contribution in [-0.2, 0) is 0 Å². The summed E-state index contributed by atoms with van der Waals surface area (Å²) in [6.07, 6.45) is 15.0. The van der Waals surface area contributed by atoms with E-state index >= 15 is 0 Å². The molecule has 0 saturated carbocycles. The molecule has 0 aliphatic carbocycles. The van der Waals surface area contributed by atoms with Gasteiger partial charge in [0.15, 0.2) is 0 Å². The zero-order chi connectivity index (χ0) is 19.9. The fourth-order valence-electron chi connectivity index (χ4n) is 2.67. The molecule has 1 atom stereocenters. The lowest BCUT2D eigenvalue weighted by molar-refractivity contribution is 0.942. The van der Waals surface area contributed by atoms with Gasteiger partial charge in [0, 0.05) is 24.7 Å². The molecule has 4 nitrogen and oxygen atoms in total. The number of aromatic nitrogens is 1. The average molecular weight is 373 g/mol. The largest absolute Gasteiger partial charge is 0.357 e. The number of nitrogens with zero attached hydrogens (tertiary/aromatic N) is 2. The van der Waals surface area contributed by atoms with Gasteiger partial charge in [-0.3, -0.25) is 5.14 Å². The Labute approximate surface area is 164 Å². The third-order valence-electron chi connectivity index (χ3n) is 3.90.